The van der Waals surface area contributed by atoms with Crippen molar-refractivity contribution in [1.29, 1.82) is 0 Å². The number of benzene rings is 1. The highest BCUT2D eigenvalue weighted by Crippen LogP contribution is 2.20. The van der Waals surface area contributed by atoms with E-state index in [1.807, 2.05) is 37.3 Å². The van der Waals surface area contributed by atoms with Crippen molar-refractivity contribution in [3.05, 3.63) is 45.9 Å². The van der Waals surface area contributed by atoms with Gasteiger partial charge in [-0.2, -0.15) is 0 Å². The molecule has 1 aliphatic rings. The molecular formula is C17H20N2O3S. The summed E-state index contributed by atoms with van der Waals surface area (Å²) >= 11 is 1.38. The van der Waals surface area contributed by atoms with Gasteiger partial charge in [-0.1, -0.05) is 18.2 Å². The van der Waals surface area contributed by atoms with Gasteiger partial charge in [-0.05, 0) is 31.9 Å². The molecule has 0 aliphatic carbocycles. The zero-order chi connectivity index (χ0) is 16.1. The predicted molar refractivity (Wildman–Crippen MR) is 88.9 cm³/mol. The van der Waals surface area contributed by atoms with Gasteiger partial charge in [0.25, 0.3) is 5.91 Å². The molecule has 0 spiro atoms. The highest BCUT2D eigenvalue weighted by molar-refractivity contribution is 7.13. The van der Waals surface area contributed by atoms with Crippen molar-refractivity contribution in [2.75, 3.05) is 13.2 Å². The van der Waals surface area contributed by atoms with Gasteiger partial charge in [0.15, 0.2) is 0 Å². The summed E-state index contributed by atoms with van der Waals surface area (Å²) in [6.45, 7) is 3.57. The fraction of sp³-hybridized carbons (Fsp3) is 0.412. The fourth-order valence-corrected chi connectivity index (χ4v) is 3.37. The molecule has 23 heavy (non-hydrogen) atoms. The largest absolute Gasteiger partial charge is 0.486 e. The van der Waals surface area contributed by atoms with Gasteiger partial charge in [0, 0.05) is 13.2 Å². The third-order valence-electron chi connectivity index (χ3n) is 3.67. The average molecular weight is 332 g/mol. The SMILES string of the molecule is Cc1nc(COc2ccccc2)sc1C(=O)NC[C@@H]1CCCO1. The molecule has 1 saturated heterocycles. The smallest absolute Gasteiger partial charge is 0.263 e. The molecule has 1 aliphatic heterocycles. The van der Waals surface area contributed by atoms with Crippen LogP contribution in [0.15, 0.2) is 30.3 Å². The third-order valence-corrected chi connectivity index (χ3v) is 4.80. The predicted octanol–water partition coefficient (Wildman–Crippen LogP) is 2.94. The van der Waals surface area contributed by atoms with Crippen molar-refractivity contribution in [2.45, 2.75) is 32.5 Å². The average Bonchev–Trinajstić information content (AvgIpc) is 3.21. The first-order valence-electron chi connectivity index (χ1n) is 7.76. The highest BCUT2D eigenvalue weighted by Gasteiger charge is 2.19. The van der Waals surface area contributed by atoms with E-state index < -0.39 is 0 Å². The molecule has 2 aromatic rings. The van der Waals surface area contributed by atoms with E-state index in [0.717, 1.165) is 35.9 Å². The Morgan fingerprint density at radius 1 is 1.43 bits per heavy atom. The summed E-state index contributed by atoms with van der Waals surface area (Å²) in [6.07, 6.45) is 2.23. The molecule has 1 fully saturated rings. The number of para-hydroxylation sites is 1. The molecule has 0 unspecified atom stereocenters. The summed E-state index contributed by atoms with van der Waals surface area (Å²) in [5.41, 5.74) is 0.742. The second-order valence-corrected chi connectivity index (χ2v) is 6.55. The molecular weight excluding hydrogens is 312 g/mol. The summed E-state index contributed by atoms with van der Waals surface area (Å²) in [5.74, 6) is 0.714. The number of carbonyl (C=O) groups excluding carboxylic acids is 1. The Morgan fingerprint density at radius 3 is 3.00 bits per heavy atom. The topological polar surface area (TPSA) is 60.5 Å². The Balaban J connectivity index is 1.55. The van der Waals surface area contributed by atoms with Crippen LogP contribution < -0.4 is 10.1 Å². The van der Waals surface area contributed by atoms with Crippen molar-refractivity contribution in [2.24, 2.45) is 0 Å². The number of ether oxygens (including phenoxy) is 2. The van der Waals surface area contributed by atoms with E-state index in [1.54, 1.807) is 0 Å². The molecule has 6 heteroatoms. The second-order valence-electron chi connectivity index (χ2n) is 5.47. The first-order chi connectivity index (χ1) is 11.2. The van der Waals surface area contributed by atoms with Crippen molar-refractivity contribution in [3.63, 3.8) is 0 Å². The Kier molecular flexibility index (Phi) is 5.25. The van der Waals surface area contributed by atoms with Gasteiger partial charge in [0.05, 0.1) is 11.8 Å². The molecule has 5 nitrogen and oxygen atoms in total. The number of thiazole rings is 1. The monoisotopic (exact) mass is 332 g/mol. The summed E-state index contributed by atoms with van der Waals surface area (Å²) < 4.78 is 11.2. The van der Waals surface area contributed by atoms with Gasteiger partial charge in [-0.25, -0.2) is 4.98 Å². The van der Waals surface area contributed by atoms with Crippen LogP contribution in [0.25, 0.3) is 0 Å². The van der Waals surface area contributed by atoms with Gasteiger partial charge in [0.1, 0.15) is 22.2 Å². The molecule has 0 bridgehead atoms. The van der Waals surface area contributed by atoms with Crippen LogP contribution >= 0.6 is 11.3 Å². The van der Waals surface area contributed by atoms with Gasteiger partial charge < -0.3 is 14.8 Å². The van der Waals surface area contributed by atoms with E-state index in [2.05, 4.69) is 10.3 Å². The van der Waals surface area contributed by atoms with Crippen LogP contribution in [0.4, 0.5) is 0 Å². The van der Waals surface area contributed by atoms with E-state index in [-0.39, 0.29) is 12.0 Å². The minimum Gasteiger partial charge on any atom is -0.486 e. The van der Waals surface area contributed by atoms with E-state index in [4.69, 9.17) is 9.47 Å². The van der Waals surface area contributed by atoms with Crippen molar-refractivity contribution in [3.8, 4) is 5.75 Å². The standard InChI is InChI=1S/C17H20N2O3S/c1-12-16(17(20)18-10-14-8-5-9-21-14)23-15(19-12)11-22-13-6-3-2-4-7-13/h2-4,6-7,14H,5,8-11H2,1H3,(H,18,20)/t14-/m0/s1. The number of nitrogens with zero attached hydrogens (tertiary/aromatic N) is 1. The van der Waals surface area contributed by atoms with E-state index in [9.17, 15) is 4.79 Å². The van der Waals surface area contributed by atoms with Crippen molar-refractivity contribution < 1.29 is 14.3 Å². The van der Waals surface area contributed by atoms with Gasteiger partial charge in [0.2, 0.25) is 0 Å². The van der Waals surface area contributed by atoms with Crippen LogP contribution in [-0.4, -0.2) is 30.1 Å². The molecule has 1 atom stereocenters. The molecule has 2 heterocycles. The molecule has 1 amide bonds. The van der Waals surface area contributed by atoms with Gasteiger partial charge in [-0.15, -0.1) is 11.3 Å². The molecule has 0 saturated carbocycles. The first-order valence-corrected chi connectivity index (χ1v) is 8.58. The van der Waals surface area contributed by atoms with Crippen LogP contribution in [0, 0.1) is 6.92 Å². The summed E-state index contributed by atoms with van der Waals surface area (Å²) in [6, 6.07) is 9.58. The number of aryl methyl sites for hydroxylation is 1. The minimum absolute atomic E-state index is 0.0820. The number of rotatable bonds is 6. The molecule has 1 N–H and O–H groups in total. The third kappa shape index (κ3) is 4.30. The van der Waals surface area contributed by atoms with E-state index in [1.165, 1.54) is 11.3 Å². The molecule has 1 aromatic carbocycles. The van der Waals surface area contributed by atoms with Crippen LogP contribution in [0.5, 0.6) is 5.75 Å². The lowest BCUT2D eigenvalue weighted by Gasteiger charge is -2.09. The summed E-state index contributed by atoms with van der Waals surface area (Å²) in [5, 5.41) is 3.73. The fourth-order valence-electron chi connectivity index (χ4n) is 2.48. The summed E-state index contributed by atoms with van der Waals surface area (Å²) in [7, 11) is 0. The Hall–Kier alpha value is -1.92. The van der Waals surface area contributed by atoms with Crippen LogP contribution in [0.3, 0.4) is 0 Å². The van der Waals surface area contributed by atoms with Crippen LogP contribution in [0.1, 0.15) is 33.2 Å². The lowest BCUT2D eigenvalue weighted by atomic mass is 10.2. The number of amides is 1. The van der Waals surface area contributed by atoms with Crippen LogP contribution in [0.2, 0.25) is 0 Å². The minimum atomic E-state index is -0.0820. The molecule has 122 valence electrons. The maximum absolute atomic E-state index is 12.3. The lowest BCUT2D eigenvalue weighted by molar-refractivity contribution is 0.0860. The zero-order valence-electron chi connectivity index (χ0n) is 13.1. The van der Waals surface area contributed by atoms with E-state index >= 15 is 0 Å². The number of hydrogen-bond acceptors (Lipinski definition) is 5. The van der Waals surface area contributed by atoms with Crippen LogP contribution in [-0.2, 0) is 11.3 Å². The quantitative estimate of drug-likeness (QED) is 0.883. The van der Waals surface area contributed by atoms with E-state index in [0.29, 0.717) is 18.0 Å². The normalized spacial score (nSPS) is 17.2. The van der Waals surface area contributed by atoms with Gasteiger partial charge in [-0.3, -0.25) is 4.79 Å². The number of carbonyl (C=O) groups is 1. The van der Waals surface area contributed by atoms with Gasteiger partial charge >= 0.3 is 0 Å². The number of hydrogen-bond donors (Lipinski definition) is 1. The number of nitrogens with one attached hydrogen (secondary N) is 1. The number of aromatic nitrogens is 1. The lowest BCUT2D eigenvalue weighted by Crippen LogP contribution is -2.31. The molecule has 1 aromatic heterocycles. The zero-order valence-corrected chi connectivity index (χ0v) is 13.9. The maximum atomic E-state index is 12.3. The van der Waals surface area contributed by atoms with Crippen molar-refractivity contribution in [1.82, 2.24) is 10.3 Å². The second kappa shape index (κ2) is 7.57. The first kappa shape index (κ1) is 16.0. The highest BCUT2D eigenvalue weighted by atomic mass is 32.1. The Bertz CT molecular complexity index is 651. The Morgan fingerprint density at radius 2 is 2.26 bits per heavy atom. The molecule has 3 rings (SSSR count). The summed E-state index contributed by atoms with van der Waals surface area (Å²) in [4.78, 5) is 17.3. The molecule has 0 radical (unpaired) electrons. The van der Waals surface area contributed by atoms with Crippen molar-refractivity contribution >= 4 is 17.2 Å². The maximum Gasteiger partial charge on any atom is 0.263 e. The Labute approximate surface area is 139 Å².